The fourth-order valence-electron chi connectivity index (χ4n) is 10.4. The van der Waals surface area contributed by atoms with E-state index in [0.717, 1.165) is 114 Å². The van der Waals surface area contributed by atoms with Crippen LogP contribution < -0.4 is 5.73 Å². The molecule has 3 aliphatic heterocycles. The second-order valence-electron chi connectivity index (χ2n) is 19.7. The molecule has 3 unspecified atom stereocenters. The highest BCUT2D eigenvalue weighted by Crippen LogP contribution is 2.45. The van der Waals surface area contributed by atoms with Crippen molar-refractivity contribution in [3.8, 4) is 22.5 Å². The lowest BCUT2D eigenvalue weighted by Gasteiger charge is -2.50. The van der Waals surface area contributed by atoms with Crippen LogP contribution in [-0.4, -0.2) is 123 Å². The summed E-state index contributed by atoms with van der Waals surface area (Å²) in [5.41, 5.74) is 15.0. The molecule has 11 nitrogen and oxygen atoms in total. The number of unbranched alkanes of at least 4 members (excludes halogenated alkanes) is 2. The number of thiazole rings is 1. The van der Waals surface area contributed by atoms with Crippen molar-refractivity contribution in [3.63, 3.8) is 0 Å². The van der Waals surface area contributed by atoms with Crippen LogP contribution in [0.15, 0.2) is 35.8 Å². The lowest BCUT2D eigenvalue weighted by Crippen LogP contribution is -2.61. The molecule has 340 valence electrons. The van der Waals surface area contributed by atoms with Gasteiger partial charge >= 0.3 is 0 Å². The Bertz CT molecular complexity index is 2080. The zero-order valence-corrected chi connectivity index (χ0v) is 39.6. The van der Waals surface area contributed by atoms with E-state index in [1.165, 1.54) is 64.1 Å². The Labute approximate surface area is 375 Å². The number of fused-ring (bicyclic) bond motifs is 1. The molecule has 8 rings (SSSR count). The Morgan fingerprint density at radius 3 is 2.56 bits per heavy atom. The van der Waals surface area contributed by atoms with E-state index in [2.05, 4.69) is 77.9 Å². The second kappa shape index (κ2) is 20.2. The molecule has 1 aromatic carbocycles. The largest absolute Gasteiger partial charge is 0.384 e. The van der Waals surface area contributed by atoms with Gasteiger partial charge in [-0.3, -0.25) is 14.8 Å². The van der Waals surface area contributed by atoms with Crippen LogP contribution in [0.3, 0.4) is 0 Å². The Balaban J connectivity index is 1.23. The van der Waals surface area contributed by atoms with Crippen LogP contribution in [0.2, 0.25) is 0 Å². The molecular formula is C50H74N6O5S. The van der Waals surface area contributed by atoms with Crippen molar-refractivity contribution in [2.45, 2.75) is 134 Å². The molecule has 0 radical (unpaired) electrons. The molecule has 4 aliphatic rings. The Morgan fingerprint density at radius 1 is 1.03 bits per heavy atom. The van der Waals surface area contributed by atoms with Crippen molar-refractivity contribution in [2.24, 2.45) is 11.1 Å². The maximum atomic E-state index is 6.64. The molecule has 1 saturated carbocycles. The summed E-state index contributed by atoms with van der Waals surface area (Å²) in [4.78, 5) is 16.0. The smallest absolute Gasteiger partial charge is 0.110 e. The maximum Gasteiger partial charge on any atom is 0.110 e. The van der Waals surface area contributed by atoms with Gasteiger partial charge in [0.05, 0.1) is 54.1 Å². The number of nitrogens with two attached hydrogens (primary N) is 1. The van der Waals surface area contributed by atoms with Crippen molar-refractivity contribution >= 4 is 22.2 Å². The monoisotopic (exact) mass is 871 g/mol. The highest BCUT2D eigenvalue weighted by Gasteiger charge is 2.43. The van der Waals surface area contributed by atoms with Gasteiger partial charge in [0.2, 0.25) is 0 Å². The number of likely N-dealkylation sites (tertiary alicyclic amines) is 2. The molecule has 2 N–H and O–H groups in total. The standard InChI is InChI=1S/C50H74N6O5S/c1-34(58-6)46-41(26-37(28-52-46)36-16-20-54(29-36)38-13-14-38)47-42(27-49(2,3)33-57-5)40-25-35(12-15-44(40)56(47)21-24-61-39-17-22-60-23-18-39)43-30-62-48(53-43)45(11-9-8-10-19-51)55-31-50(4,32-55)59-7/h12,15,25-26,28,30,34,36,38-39,45H,8-11,13-14,16-24,27,29,31-33,51H2,1-7H3. The summed E-state index contributed by atoms with van der Waals surface area (Å²) in [5.74, 6) is 0.464. The summed E-state index contributed by atoms with van der Waals surface area (Å²) in [6, 6.07) is 10.5. The van der Waals surface area contributed by atoms with Gasteiger partial charge in [0.15, 0.2) is 0 Å². The number of hydrogen-bond acceptors (Lipinski definition) is 11. The zero-order chi connectivity index (χ0) is 43.4. The minimum atomic E-state index is -0.184. The minimum absolute atomic E-state index is 0.0989. The Hall–Kier alpha value is -2.78. The molecule has 62 heavy (non-hydrogen) atoms. The van der Waals surface area contributed by atoms with E-state index in [0.29, 0.717) is 19.1 Å². The summed E-state index contributed by atoms with van der Waals surface area (Å²) in [6.07, 6.45) is 13.1. The number of nitrogens with zero attached hydrogens (tertiary/aromatic N) is 5. The van der Waals surface area contributed by atoms with Crippen LogP contribution in [0.1, 0.15) is 125 Å². The molecule has 0 amide bonds. The van der Waals surface area contributed by atoms with Crippen LogP contribution in [0, 0.1) is 5.41 Å². The molecule has 0 bridgehead atoms. The quantitative estimate of drug-likeness (QED) is 0.0769. The SMILES string of the molecule is COCC(C)(C)Cc1c(-c2cc(C3CCN(C4CC4)C3)cnc2C(C)OC)n(CCOC2CCOCC2)c2ccc(-c3csc(C(CCCCCN)N4CC(C)(OC)C4)n3)cc12. The number of hydrogen-bond donors (Lipinski definition) is 1. The highest BCUT2D eigenvalue weighted by molar-refractivity contribution is 7.10. The summed E-state index contributed by atoms with van der Waals surface area (Å²) < 4.78 is 32.7. The van der Waals surface area contributed by atoms with Crippen molar-refractivity contribution in [3.05, 3.63) is 57.7 Å². The topological polar surface area (TPSA) is 109 Å². The van der Waals surface area contributed by atoms with E-state index in [1.807, 2.05) is 14.2 Å². The Morgan fingerprint density at radius 2 is 1.84 bits per heavy atom. The first-order valence-electron chi connectivity index (χ1n) is 23.6. The summed E-state index contributed by atoms with van der Waals surface area (Å²) in [7, 11) is 5.45. The summed E-state index contributed by atoms with van der Waals surface area (Å²) in [6.45, 7) is 17.3. The van der Waals surface area contributed by atoms with E-state index in [-0.39, 0.29) is 29.3 Å². The highest BCUT2D eigenvalue weighted by atomic mass is 32.1. The number of rotatable bonds is 22. The third-order valence-corrected chi connectivity index (χ3v) is 15.1. The average molecular weight is 871 g/mol. The van der Waals surface area contributed by atoms with E-state index in [4.69, 9.17) is 39.4 Å². The first-order valence-corrected chi connectivity index (χ1v) is 24.5. The third-order valence-electron chi connectivity index (χ3n) is 14.2. The fraction of sp³-hybridized carbons (Fsp3) is 0.680. The van der Waals surface area contributed by atoms with Gasteiger partial charge in [-0.05, 0) is 119 Å². The number of methoxy groups -OCH3 is 3. The zero-order valence-electron chi connectivity index (χ0n) is 38.8. The lowest BCUT2D eigenvalue weighted by atomic mass is 9.84. The lowest BCUT2D eigenvalue weighted by molar-refractivity contribution is -0.128. The van der Waals surface area contributed by atoms with Crippen LogP contribution in [0.5, 0.6) is 0 Å². The van der Waals surface area contributed by atoms with E-state index < -0.39 is 0 Å². The minimum Gasteiger partial charge on any atom is -0.384 e. The van der Waals surface area contributed by atoms with Gasteiger partial charge in [-0.2, -0.15) is 0 Å². The third kappa shape index (κ3) is 10.3. The van der Waals surface area contributed by atoms with Crippen molar-refractivity contribution in [1.29, 1.82) is 0 Å². The number of pyridine rings is 1. The van der Waals surface area contributed by atoms with Gasteiger partial charge in [0.25, 0.3) is 0 Å². The average Bonchev–Trinajstić information content (AvgIpc) is 3.65. The normalized spacial score (nSPS) is 21.2. The van der Waals surface area contributed by atoms with Crippen LogP contribution >= 0.6 is 11.3 Å². The van der Waals surface area contributed by atoms with Gasteiger partial charge in [-0.25, -0.2) is 4.98 Å². The van der Waals surface area contributed by atoms with Gasteiger partial charge < -0.3 is 34.0 Å². The number of ether oxygens (including phenoxy) is 5. The van der Waals surface area contributed by atoms with E-state index in [1.54, 1.807) is 18.4 Å². The van der Waals surface area contributed by atoms with Crippen LogP contribution in [0.4, 0.5) is 0 Å². The number of benzene rings is 1. The molecule has 3 aromatic heterocycles. The van der Waals surface area contributed by atoms with Gasteiger partial charge in [-0.15, -0.1) is 11.3 Å². The molecule has 4 aromatic rings. The second-order valence-corrected chi connectivity index (χ2v) is 20.6. The maximum absolute atomic E-state index is 6.64. The predicted octanol–water partition coefficient (Wildman–Crippen LogP) is 9.18. The van der Waals surface area contributed by atoms with Gasteiger partial charge in [-0.1, -0.05) is 32.8 Å². The first kappa shape index (κ1) is 45.8. The van der Waals surface area contributed by atoms with Crippen molar-refractivity contribution in [1.82, 2.24) is 24.3 Å². The van der Waals surface area contributed by atoms with Crippen molar-refractivity contribution in [2.75, 3.05) is 80.5 Å². The van der Waals surface area contributed by atoms with Crippen LogP contribution in [-0.2, 0) is 36.6 Å². The number of aromatic nitrogens is 3. The molecule has 0 spiro atoms. The fourth-order valence-corrected chi connectivity index (χ4v) is 11.4. The summed E-state index contributed by atoms with van der Waals surface area (Å²) in [5, 5.41) is 4.70. The molecule has 1 aliphatic carbocycles. The first-order chi connectivity index (χ1) is 30.0. The van der Waals surface area contributed by atoms with E-state index in [9.17, 15) is 0 Å². The summed E-state index contributed by atoms with van der Waals surface area (Å²) >= 11 is 1.79. The van der Waals surface area contributed by atoms with E-state index >= 15 is 0 Å². The van der Waals surface area contributed by atoms with Gasteiger partial charge in [0, 0.05) is 100 Å². The molecule has 6 heterocycles. The van der Waals surface area contributed by atoms with Gasteiger partial charge in [0.1, 0.15) is 5.01 Å². The molecule has 12 heteroatoms. The van der Waals surface area contributed by atoms with Crippen LogP contribution in [0.25, 0.3) is 33.4 Å². The predicted molar refractivity (Wildman–Crippen MR) is 250 cm³/mol. The van der Waals surface area contributed by atoms with Crippen molar-refractivity contribution < 1.29 is 23.7 Å². The Kier molecular flexibility index (Phi) is 14.9. The molecule has 3 saturated heterocycles. The molecular weight excluding hydrogens is 797 g/mol. The molecule has 3 atom stereocenters. The molecule has 4 fully saturated rings.